The maximum Gasteiger partial charge on any atom is 0.269 e. The summed E-state index contributed by atoms with van der Waals surface area (Å²) in [5.74, 6) is 0.561. The van der Waals surface area contributed by atoms with Crippen molar-refractivity contribution in [3.05, 3.63) is 71.7 Å². The van der Waals surface area contributed by atoms with Gasteiger partial charge in [-0.05, 0) is 57.0 Å². The molecule has 4 aromatic rings. The number of sulfonamides is 1. The fourth-order valence-electron chi connectivity index (χ4n) is 3.93. The average molecular weight is 556 g/mol. The van der Waals surface area contributed by atoms with Crippen molar-refractivity contribution in [2.75, 3.05) is 31.4 Å². The Morgan fingerprint density at radius 2 is 1.85 bits per heavy atom. The largest absolute Gasteiger partial charge is 0.445 e. The molecule has 0 saturated carbocycles. The van der Waals surface area contributed by atoms with E-state index in [1.165, 1.54) is 6.26 Å². The van der Waals surface area contributed by atoms with Gasteiger partial charge >= 0.3 is 0 Å². The van der Waals surface area contributed by atoms with E-state index in [4.69, 9.17) is 23.2 Å². The molecule has 0 bridgehead atoms. The quantitative estimate of drug-likeness (QED) is 0.159. The highest BCUT2D eigenvalue weighted by Gasteiger charge is 2.32. The minimum Gasteiger partial charge on any atom is -0.445 e. The van der Waals surface area contributed by atoms with Crippen LogP contribution in [0.5, 0.6) is 0 Å². The second-order valence-electron chi connectivity index (χ2n) is 9.15. The van der Waals surface area contributed by atoms with Crippen LogP contribution in [0.3, 0.4) is 0 Å². The molecular formula is C28H33N3O7S. The van der Waals surface area contributed by atoms with Gasteiger partial charge < -0.3 is 23.2 Å². The first-order chi connectivity index (χ1) is 18.7. The Balaban J connectivity index is 1.82. The molecule has 0 N–H and O–H groups in total. The number of hydrogen-bond acceptors (Lipinski definition) is 9. The molecule has 0 aliphatic rings. The molecule has 0 aliphatic carbocycles. The Bertz CT molecular complexity index is 1480. The van der Waals surface area contributed by atoms with Gasteiger partial charge in [-0.3, -0.25) is 0 Å². The Labute approximate surface area is 228 Å². The molecule has 0 saturated heterocycles. The SMILES string of the molecule is COCCOCN(c1onc(C)c1C)S(=O)(=O)c1ccccc1-c1ccc(-c2ncco2)cc1COC(C)C. The maximum atomic E-state index is 14.3. The highest BCUT2D eigenvalue weighted by atomic mass is 32.2. The summed E-state index contributed by atoms with van der Waals surface area (Å²) < 4.78 is 57.2. The van der Waals surface area contributed by atoms with Crippen molar-refractivity contribution >= 4 is 15.9 Å². The molecule has 0 aliphatic heterocycles. The fraction of sp³-hybridized carbons (Fsp3) is 0.357. The van der Waals surface area contributed by atoms with Crippen LogP contribution in [-0.2, 0) is 30.8 Å². The zero-order valence-corrected chi connectivity index (χ0v) is 23.5. The van der Waals surface area contributed by atoms with Gasteiger partial charge in [-0.25, -0.2) is 17.7 Å². The van der Waals surface area contributed by atoms with Gasteiger partial charge in [0.1, 0.15) is 13.0 Å². The van der Waals surface area contributed by atoms with Crippen LogP contribution in [0.4, 0.5) is 5.88 Å². The Morgan fingerprint density at radius 1 is 1.05 bits per heavy atom. The van der Waals surface area contributed by atoms with E-state index in [1.54, 1.807) is 51.4 Å². The van der Waals surface area contributed by atoms with Crippen molar-refractivity contribution in [3.8, 4) is 22.6 Å². The van der Waals surface area contributed by atoms with Crippen LogP contribution in [0.1, 0.15) is 30.7 Å². The average Bonchev–Trinajstić information content (AvgIpc) is 3.58. The van der Waals surface area contributed by atoms with Crippen molar-refractivity contribution in [1.29, 1.82) is 0 Å². The van der Waals surface area contributed by atoms with Crippen molar-refractivity contribution in [3.63, 3.8) is 0 Å². The minimum atomic E-state index is -4.17. The van der Waals surface area contributed by atoms with E-state index in [0.29, 0.717) is 34.9 Å². The summed E-state index contributed by atoms with van der Waals surface area (Å²) in [7, 11) is -2.62. The molecule has 10 nitrogen and oxygen atoms in total. The first-order valence-electron chi connectivity index (χ1n) is 12.5. The van der Waals surface area contributed by atoms with Crippen LogP contribution in [0, 0.1) is 13.8 Å². The summed E-state index contributed by atoms with van der Waals surface area (Å²) in [5, 5.41) is 3.97. The van der Waals surface area contributed by atoms with Crippen LogP contribution in [0.15, 0.2) is 68.8 Å². The maximum absolute atomic E-state index is 14.3. The zero-order valence-electron chi connectivity index (χ0n) is 22.7. The first-order valence-corrected chi connectivity index (χ1v) is 13.9. The topological polar surface area (TPSA) is 117 Å². The Hall–Kier alpha value is -3.51. The number of ether oxygens (including phenoxy) is 3. The number of aryl methyl sites for hydroxylation is 1. The molecule has 2 aromatic heterocycles. The molecule has 0 fully saturated rings. The molecule has 208 valence electrons. The normalized spacial score (nSPS) is 11.8. The van der Waals surface area contributed by atoms with Crippen molar-refractivity contribution in [2.45, 2.75) is 45.3 Å². The van der Waals surface area contributed by atoms with Crippen LogP contribution in [0.2, 0.25) is 0 Å². The second-order valence-corrected chi connectivity index (χ2v) is 11.0. The number of hydrogen-bond donors (Lipinski definition) is 0. The lowest BCUT2D eigenvalue weighted by atomic mass is 9.97. The summed E-state index contributed by atoms with van der Waals surface area (Å²) in [4.78, 5) is 4.33. The predicted molar refractivity (Wildman–Crippen MR) is 146 cm³/mol. The number of oxazole rings is 1. The third kappa shape index (κ3) is 6.39. The summed E-state index contributed by atoms with van der Waals surface area (Å²) in [6.07, 6.45) is 3.05. The standard InChI is InChI=1S/C28H33N3O7S/c1-19(2)37-17-23-16-22(27-29-12-13-36-27)10-11-24(23)25-8-6-7-9-26(25)39(32,33)31(18-35-15-14-34-5)28-20(3)21(4)30-38-28/h6-13,16,19H,14-15,17-18H2,1-5H3. The van der Waals surface area contributed by atoms with E-state index in [0.717, 1.165) is 15.4 Å². The molecule has 4 rings (SSSR count). The van der Waals surface area contributed by atoms with Gasteiger partial charge in [-0.1, -0.05) is 29.4 Å². The summed E-state index contributed by atoms with van der Waals surface area (Å²) in [5.41, 5.74) is 3.95. The van der Waals surface area contributed by atoms with Crippen molar-refractivity contribution in [2.24, 2.45) is 0 Å². The molecule has 2 aromatic carbocycles. The monoisotopic (exact) mass is 555 g/mol. The summed E-state index contributed by atoms with van der Waals surface area (Å²) in [6.45, 7) is 7.90. The van der Waals surface area contributed by atoms with Crippen molar-refractivity contribution in [1.82, 2.24) is 10.1 Å². The zero-order chi connectivity index (χ0) is 28.0. The fourth-order valence-corrected chi connectivity index (χ4v) is 5.47. The molecule has 39 heavy (non-hydrogen) atoms. The third-order valence-corrected chi connectivity index (χ3v) is 7.86. The third-order valence-electron chi connectivity index (χ3n) is 6.10. The van der Waals surface area contributed by atoms with Gasteiger partial charge in [0.2, 0.25) is 11.8 Å². The lowest BCUT2D eigenvalue weighted by Crippen LogP contribution is -2.34. The number of benzene rings is 2. The van der Waals surface area contributed by atoms with Gasteiger partial charge in [0, 0.05) is 23.8 Å². The summed E-state index contributed by atoms with van der Waals surface area (Å²) >= 11 is 0. The smallest absolute Gasteiger partial charge is 0.269 e. The minimum absolute atomic E-state index is 0.0281. The summed E-state index contributed by atoms with van der Waals surface area (Å²) in [6, 6.07) is 12.4. The number of methoxy groups -OCH3 is 1. The molecule has 2 heterocycles. The molecule has 0 unspecified atom stereocenters. The van der Waals surface area contributed by atoms with Crippen LogP contribution in [-0.4, -0.2) is 51.7 Å². The number of nitrogens with zero attached hydrogens (tertiary/aromatic N) is 3. The van der Waals surface area contributed by atoms with E-state index < -0.39 is 10.0 Å². The predicted octanol–water partition coefficient (Wildman–Crippen LogP) is 5.35. The van der Waals surface area contributed by atoms with Gasteiger partial charge in [-0.2, -0.15) is 0 Å². The lowest BCUT2D eigenvalue weighted by molar-refractivity contribution is 0.0660. The lowest BCUT2D eigenvalue weighted by Gasteiger charge is -2.24. The molecule has 0 atom stereocenters. The van der Waals surface area contributed by atoms with E-state index >= 15 is 0 Å². The Morgan fingerprint density at radius 3 is 2.51 bits per heavy atom. The molecule has 0 radical (unpaired) electrons. The Kier molecular flexibility index (Phi) is 9.18. The highest BCUT2D eigenvalue weighted by Crippen LogP contribution is 2.36. The highest BCUT2D eigenvalue weighted by molar-refractivity contribution is 7.93. The number of anilines is 1. The first kappa shape index (κ1) is 28.5. The molecule has 11 heteroatoms. The van der Waals surface area contributed by atoms with Crippen LogP contribution in [0.25, 0.3) is 22.6 Å². The van der Waals surface area contributed by atoms with Crippen LogP contribution < -0.4 is 4.31 Å². The van der Waals surface area contributed by atoms with Gasteiger partial charge in [0.05, 0.1) is 42.7 Å². The van der Waals surface area contributed by atoms with E-state index in [1.807, 2.05) is 32.0 Å². The second kappa shape index (κ2) is 12.6. The molecular weight excluding hydrogens is 522 g/mol. The number of rotatable bonds is 13. The van der Waals surface area contributed by atoms with Gasteiger partial charge in [0.15, 0.2) is 0 Å². The van der Waals surface area contributed by atoms with Crippen molar-refractivity contribution < 1.29 is 31.6 Å². The van der Waals surface area contributed by atoms with Gasteiger partial charge in [-0.15, -0.1) is 0 Å². The number of aromatic nitrogens is 2. The van der Waals surface area contributed by atoms with Gasteiger partial charge in [0.25, 0.3) is 10.0 Å². The molecule has 0 amide bonds. The van der Waals surface area contributed by atoms with Crippen LogP contribution >= 0.6 is 0 Å². The molecule has 0 spiro atoms. The van der Waals surface area contributed by atoms with E-state index in [9.17, 15) is 8.42 Å². The van der Waals surface area contributed by atoms with E-state index in [-0.39, 0.29) is 36.8 Å². The van der Waals surface area contributed by atoms with E-state index in [2.05, 4.69) is 10.1 Å².